The molecule has 1 fully saturated rings. The zero-order valence-electron chi connectivity index (χ0n) is 16.9. The Morgan fingerprint density at radius 1 is 0.897 bits per heavy atom. The second-order valence-electron chi connectivity index (χ2n) is 7.09. The maximum atomic E-state index is 12.6. The van der Waals surface area contributed by atoms with Gasteiger partial charge in [-0.15, -0.1) is 0 Å². The second kappa shape index (κ2) is 9.92. The molecular formula is C24H26O5. The average Bonchev–Trinajstić information content (AvgIpc) is 2.78. The minimum atomic E-state index is -0.187. The highest BCUT2D eigenvalue weighted by molar-refractivity contribution is 6.08. The fourth-order valence-corrected chi connectivity index (χ4v) is 3.45. The molecule has 0 aliphatic heterocycles. The van der Waals surface area contributed by atoms with Crippen molar-refractivity contribution in [3.8, 4) is 17.2 Å². The summed E-state index contributed by atoms with van der Waals surface area (Å²) in [7, 11) is 3.07. The van der Waals surface area contributed by atoms with Gasteiger partial charge < -0.3 is 14.2 Å². The molecule has 0 saturated heterocycles. The molecule has 2 aromatic rings. The molecule has 0 N–H and O–H groups in total. The molecule has 0 spiro atoms. The lowest BCUT2D eigenvalue weighted by Crippen LogP contribution is -2.22. The Bertz CT molecular complexity index is 877. The molecule has 0 amide bonds. The number of allylic oxidation sites excluding steroid dienone is 1. The Kier molecular flexibility index (Phi) is 7.06. The van der Waals surface area contributed by atoms with Gasteiger partial charge in [0.2, 0.25) is 0 Å². The first-order valence-electron chi connectivity index (χ1n) is 9.87. The summed E-state index contributed by atoms with van der Waals surface area (Å²) in [5.74, 6) is 1.29. The molecule has 0 atom stereocenters. The number of rotatable bonds is 7. The topological polar surface area (TPSA) is 61.8 Å². The quantitative estimate of drug-likeness (QED) is 0.283. The van der Waals surface area contributed by atoms with Crippen LogP contribution in [0, 0.1) is 5.92 Å². The van der Waals surface area contributed by atoms with Gasteiger partial charge in [-0.05, 0) is 54.8 Å². The van der Waals surface area contributed by atoms with Crippen LogP contribution in [0.5, 0.6) is 17.2 Å². The molecule has 0 bridgehead atoms. The van der Waals surface area contributed by atoms with Crippen molar-refractivity contribution in [2.24, 2.45) is 5.92 Å². The minimum absolute atomic E-state index is 0.0128. The van der Waals surface area contributed by atoms with Crippen LogP contribution in [0.4, 0.5) is 0 Å². The molecule has 5 nitrogen and oxygen atoms in total. The molecule has 29 heavy (non-hydrogen) atoms. The van der Waals surface area contributed by atoms with Crippen LogP contribution in [0.15, 0.2) is 48.5 Å². The number of esters is 1. The molecule has 1 saturated carbocycles. The number of benzene rings is 2. The Morgan fingerprint density at radius 3 is 2.24 bits per heavy atom. The number of ether oxygens (including phenoxy) is 3. The van der Waals surface area contributed by atoms with E-state index in [1.54, 1.807) is 43.5 Å². The first kappa shape index (κ1) is 20.6. The van der Waals surface area contributed by atoms with Gasteiger partial charge in [0, 0.05) is 0 Å². The van der Waals surface area contributed by atoms with Crippen molar-refractivity contribution in [3.05, 3.63) is 59.7 Å². The fourth-order valence-electron chi connectivity index (χ4n) is 3.45. The van der Waals surface area contributed by atoms with Gasteiger partial charge in [-0.25, -0.2) is 0 Å². The highest BCUT2D eigenvalue weighted by Crippen LogP contribution is 2.27. The Labute approximate surface area is 171 Å². The molecule has 3 rings (SSSR count). The van der Waals surface area contributed by atoms with Crippen LogP contribution in [0.25, 0.3) is 6.08 Å². The number of methoxy groups -OCH3 is 2. The summed E-state index contributed by atoms with van der Waals surface area (Å²) in [6.07, 6.45) is 8.41. The largest absolute Gasteiger partial charge is 0.497 e. The van der Waals surface area contributed by atoms with Crippen LogP contribution >= 0.6 is 0 Å². The lowest BCUT2D eigenvalue weighted by molar-refractivity contribution is -0.139. The van der Waals surface area contributed by atoms with Gasteiger partial charge in [-0.3, -0.25) is 9.59 Å². The SMILES string of the molecule is COc1ccc(OC)c(C(=O)C=Cc2ccc(OC(=O)C3CCCCC3)cc2)c1. The van der Waals surface area contributed by atoms with E-state index in [1.165, 1.54) is 19.6 Å². The molecule has 152 valence electrons. The molecule has 0 heterocycles. The van der Waals surface area contributed by atoms with Gasteiger partial charge in [-0.1, -0.05) is 37.5 Å². The molecular weight excluding hydrogens is 368 g/mol. The standard InChI is InChI=1S/C24H26O5/c1-27-20-13-15-23(28-2)21(16-20)22(25)14-10-17-8-11-19(12-9-17)29-24(26)18-6-4-3-5-7-18/h8-16,18H,3-7H2,1-2H3. The number of carbonyl (C=O) groups is 2. The summed E-state index contributed by atoms with van der Waals surface area (Å²) in [6.45, 7) is 0. The highest BCUT2D eigenvalue weighted by atomic mass is 16.5. The monoisotopic (exact) mass is 394 g/mol. The van der Waals surface area contributed by atoms with Crippen molar-refractivity contribution >= 4 is 17.8 Å². The van der Waals surface area contributed by atoms with Crippen LogP contribution in [0.1, 0.15) is 48.0 Å². The lowest BCUT2D eigenvalue weighted by Gasteiger charge is -2.19. The Morgan fingerprint density at radius 2 is 1.59 bits per heavy atom. The number of ketones is 1. The predicted octanol–water partition coefficient (Wildman–Crippen LogP) is 5.09. The maximum absolute atomic E-state index is 12.6. The average molecular weight is 394 g/mol. The first-order chi connectivity index (χ1) is 14.1. The predicted molar refractivity (Wildman–Crippen MR) is 112 cm³/mol. The number of hydrogen-bond donors (Lipinski definition) is 0. The third kappa shape index (κ3) is 5.47. The van der Waals surface area contributed by atoms with Crippen molar-refractivity contribution < 1.29 is 23.8 Å². The van der Waals surface area contributed by atoms with E-state index in [4.69, 9.17) is 14.2 Å². The van der Waals surface area contributed by atoms with Crippen LogP contribution in [0.3, 0.4) is 0 Å². The van der Waals surface area contributed by atoms with E-state index < -0.39 is 0 Å². The third-order valence-corrected chi connectivity index (χ3v) is 5.14. The van der Waals surface area contributed by atoms with Crippen molar-refractivity contribution in [2.75, 3.05) is 14.2 Å². The van der Waals surface area contributed by atoms with Crippen LogP contribution in [-0.2, 0) is 4.79 Å². The van der Waals surface area contributed by atoms with Gasteiger partial charge in [0.1, 0.15) is 17.2 Å². The first-order valence-corrected chi connectivity index (χ1v) is 9.87. The van der Waals surface area contributed by atoms with E-state index in [1.807, 2.05) is 12.1 Å². The van der Waals surface area contributed by atoms with E-state index in [2.05, 4.69) is 0 Å². The van der Waals surface area contributed by atoms with Gasteiger partial charge in [0.15, 0.2) is 5.78 Å². The van der Waals surface area contributed by atoms with E-state index in [-0.39, 0.29) is 17.7 Å². The van der Waals surface area contributed by atoms with E-state index in [0.29, 0.717) is 22.8 Å². The highest BCUT2D eigenvalue weighted by Gasteiger charge is 2.22. The van der Waals surface area contributed by atoms with Crippen LogP contribution in [0.2, 0.25) is 0 Å². The van der Waals surface area contributed by atoms with E-state index in [9.17, 15) is 9.59 Å². The van der Waals surface area contributed by atoms with E-state index in [0.717, 1.165) is 31.2 Å². The van der Waals surface area contributed by atoms with E-state index >= 15 is 0 Å². The summed E-state index contributed by atoms with van der Waals surface area (Å²) in [5.41, 5.74) is 1.26. The molecule has 0 unspecified atom stereocenters. The smallest absolute Gasteiger partial charge is 0.314 e. The fraction of sp³-hybridized carbons (Fsp3) is 0.333. The van der Waals surface area contributed by atoms with Crippen molar-refractivity contribution in [3.63, 3.8) is 0 Å². The second-order valence-corrected chi connectivity index (χ2v) is 7.09. The summed E-state index contributed by atoms with van der Waals surface area (Å²) in [6, 6.07) is 12.2. The maximum Gasteiger partial charge on any atom is 0.314 e. The summed E-state index contributed by atoms with van der Waals surface area (Å²) in [4.78, 5) is 24.8. The Hall–Kier alpha value is -3.08. The third-order valence-electron chi connectivity index (χ3n) is 5.14. The van der Waals surface area contributed by atoms with Gasteiger partial charge in [0.25, 0.3) is 0 Å². The molecule has 5 heteroatoms. The normalized spacial score (nSPS) is 14.6. The molecule has 1 aliphatic rings. The summed E-state index contributed by atoms with van der Waals surface area (Å²) in [5, 5.41) is 0. The number of hydrogen-bond acceptors (Lipinski definition) is 5. The molecule has 0 radical (unpaired) electrons. The lowest BCUT2D eigenvalue weighted by atomic mass is 9.89. The van der Waals surface area contributed by atoms with Gasteiger partial charge >= 0.3 is 5.97 Å². The molecule has 1 aliphatic carbocycles. The minimum Gasteiger partial charge on any atom is -0.497 e. The molecule has 0 aromatic heterocycles. The van der Waals surface area contributed by atoms with Crippen LogP contribution in [-0.4, -0.2) is 26.0 Å². The zero-order chi connectivity index (χ0) is 20.6. The molecule has 2 aromatic carbocycles. The van der Waals surface area contributed by atoms with Gasteiger partial charge in [0.05, 0.1) is 25.7 Å². The van der Waals surface area contributed by atoms with Gasteiger partial charge in [-0.2, -0.15) is 0 Å². The van der Waals surface area contributed by atoms with Crippen molar-refractivity contribution in [1.29, 1.82) is 0 Å². The van der Waals surface area contributed by atoms with Crippen molar-refractivity contribution in [1.82, 2.24) is 0 Å². The summed E-state index contributed by atoms with van der Waals surface area (Å²) >= 11 is 0. The van der Waals surface area contributed by atoms with Crippen LogP contribution < -0.4 is 14.2 Å². The zero-order valence-corrected chi connectivity index (χ0v) is 16.9. The number of carbonyl (C=O) groups excluding carboxylic acids is 2. The van der Waals surface area contributed by atoms with Crippen molar-refractivity contribution in [2.45, 2.75) is 32.1 Å². The summed E-state index contributed by atoms with van der Waals surface area (Å²) < 4.78 is 15.9. The Balaban J connectivity index is 1.64.